The maximum atomic E-state index is 12.3. The molecule has 1 N–H and O–H groups in total. The first-order valence-corrected chi connectivity index (χ1v) is 8.74. The van der Waals surface area contributed by atoms with Gasteiger partial charge in [0.1, 0.15) is 17.7 Å². The number of nitrogens with zero attached hydrogens (tertiary/aromatic N) is 3. The number of halogens is 1. The lowest BCUT2D eigenvalue weighted by Crippen LogP contribution is -2.42. The average Bonchev–Trinajstić information content (AvgIpc) is 3.05. The Labute approximate surface area is 152 Å². The molecule has 1 aliphatic heterocycles. The first-order valence-electron chi connectivity index (χ1n) is 8.36. The summed E-state index contributed by atoms with van der Waals surface area (Å²) in [4.78, 5) is 18.3. The van der Waals surface area contributed by atoms with E-state index in [-0.39, 0.29) is 18.4 Å². The van der Waals surface area contributed by atoms with Crippen LogP contribution in [0.3, 0.4) is 0 Å². The number of piperidine rings is 1. The van der Waals surface area contributed by atoms with Crippen molar-refractivity contribution in [3.63, 3.8) is 0 Å². The normalized spacial score (nSPS) is 16.7. The number of likely N-dealkylation sites (tertiary alicyclic amines) is 1. The van der Waals surface area contributed by atoms with Crippen LogP contribution in [0.4, 0.5) is 0 Å². The number of carbonyl (C=O) groups is 1. The lowest BCUT2D eigenvalue weighted by molar-refractivity contribution is -0.135. The molecule has 0 saturated carbocycles. The molecule has 134 valence electrons. The summed E-state index contributed by atoms with van der Waals surface area (Å²) in [6.07, 6.45) is 4.41. The highest BCUT2D eigenvalue weighted by atomic mass is 35.5. The van der Waals surface area contributed by atoms with Crippen LogP contribution in [0.2, 0.25) is 5.02 Å². The minimum Gasteiger partial charge on any atom is -0.484 e. The summed E-state index contributed by atoms with van der Waals surface area (Å²) in [5.74, 6) is 1.32. The molecule has 25 heavy (non-hydrogen) atoms. The summed E-state index contributed by atoms with van der Waals surface area (Å²) in [7, 11) is 1.87. The Kier molecular flexibility index (Phi) is 5.60. The molecule has 2 heterocycles. The number of hydrogen-bond donors (Lipinski definition) is 1. The molecule has 0 spiro atoms. The highest BCUT2D eigenvalue weighted by molar-refractivity contribution is 6.30. The number of aryl methyl sites for hydroxylation is 1. The van der Waals surface area contributed by atoms with Crippen LogP contribution in [0, 0.1) is 5.92 Å². The lowest BCUT2D eigenvalue weighted by atomic mass is 9.90. The number of imidazole rings is 1. The second kappa shape index (κ2) is 7.89. The Morgan fingerprint density at radius 2 is 2.20 bits per heavy atom. The van der Waals surface area contributed by atoms with Crippen LogP contribution < -0.4 is 4.74 Å². The van der Waals surface area contributed by atoms with Crippen molar-refractivity contribution in [2.24, 2.45) is 13.0 Å². The summed E-state index contributed by atoms with van der Waals surface area (Å²) in [5, 5.41) is 11.1. The van der Waals surface area contributed by atoms with Crippen LogP contribution in [-0.2, 0) is 11.8 Å². The highest BCUT2D eigenvalue weighted by Gasteiger charge is 2.30. The van der Waals surface area contributed by atoms with Gasteiger partial charge in [0, 0.05) is 37.6 Å². The van der Waals surface area contributed by atoms with E-state index in [4.69, 9.17) is 16.3 Å². The number of carbonyl (C=O) groups excluding carboxylic acids is 1. The minimum atomic E-state index is -0.597. The van der Waals surface area contributed by atoms with Crippen molar-refractivity contribution in [1.29, 1.82) is 0 Å². The van der Waals surface area contributed by atoms with Gasteiger partial charge < -0.3 is 19.3 Å². The van der Waals surface area contributed by atoms with E-state index in [1.54, 1.807) is 35.4 Å². The van der Waals surface area contributed by atoms with E-state index in [2.05, 4.69) is 4.98 Å². The molecule has 3 rings (SSSR count). The minimum absolute atomic E-state index is 0.00702. The molecule has 1 fully saturated rings. The van der Waals surface area contributed by atoms with Crippen molar-refractivity contribution in [1.82, 2.24) is 14.5 Å². The Bertz CT molecular complexity index is 726. The summed E-state index contributed by atoms with van der Waals surface area (Å²) in [5.41, 5.74) is 0. The smallest absolute Gasteiger partial charge is 0.260 e. The van der Waals surface area contributed by atoms with Crippen molar-refractivity contribution in [2.45, 2.75) is 18.9 Å². The number of amides is 1. The van der Waals surface area contributed by atoms with Gasteiger partial charge in [0.05, 0.1) is 0 Å². The van der Waals surface area contributed by atoms with Crippen molar-refractivity contribution in [3.05, 3.63) is 47.5 Å². The zero-order valence-corrected chi connectivity index (χ0v) is 14.9. The van der Waals surface area contributed by atoms with E-state index in [9.17, 15) is 9.90 Å². The van der Waals surface area contributed by atoms with Crippen LogP contribution in [0.25, 0.3) is 0 Å². The molecule has 0 radical (unpaired) electrons. The second-order valence-electron chi connectivity index (χ2n) is 6.31. The Balaban J connectivity index is 1.48. The Hall–Kier alpha value is -2.05. The van der Waals surface area contributed by atoms with Gasteiger partial charge in [-0.3, -0.25) is 4.79 Å². The molecule has 1 aliphatic rings. The SMILES string of the molecule is Cn1ccnc1C(O)C1CCN(C(=O)COc2cccc(Cl)c2)CC1. The molecule has 2 aromatic rings. The predicted octanol–water partition coefficient (Wildman–Crippen LogP) is 2.42. The fraction of sp³-hybridized carbons (Fsp3) is 0.444. The van der Waals surface area contributed by atoms with E-state index >= 15 is 0 Å². The molecule has 7 heteroatoms. The number of benzene rings is 1. The molecular weight excluding hydrogens is 342 g/mol. The third kappa shape index (κ3) is 4.32. The van der Waals surface area contributed by atoms with E-state index in [1.807, 2.05) is 17.8 Å². The molecule has 1 amide bonds. The van der Waals surface area contributed by atoms with Crippen molar-refractivity contribution in [2.75, 3.05) is 19.7 Å². The molecule has 1 aromatic heterocycles. The number of rotatable bonds is 5. The number of hydrogen-bond acceptors (Lipinski definition) is 4. The summed E-state index contributed by atoms with van der Waals surface area (Å²) in [6, 6.07) is 7.00. The van der Waals surface area contributed by atoms with E-state index < -0.39 is 6.10 Å². The fourth-order valence-electron chi connectivity index (χ4n) is 3.13. The van der Waals surface area contributed by atoms with Crippen molar-refractivity contribution < 1.29 is 14.6 Å². The van der Waals surface area contributed by atoms with Gasteiger partial charge in [-0.1, -0.05) is 17.7 Å². The number of aromatic nitrogens is 2. The third-order valence-electron chi connectivity index (χ3n) is 4.62. The zero-order valence-electron chi connectivity index (χ0n) is 14.1. The van der Waals surface area contributed by atoms with Gasteiger partial charge in [0.25, 0.3) is 5.91 Å². The third-order valence-corrected chi connectivity index (χ3v) is 4.86. The average molecular weight is 364 g/mol. The summed E-state index contributed by atoms with van der Waals surface area (Å²) in [6.45, 7) is 1.22. The van der Waals surface area contributed by atoms with Gasteiger partial charge in [-0.15, -0.1) is 0 Å². The monoisotopic (exact) mass is 363 g/mol. The standard InChI is InChI=1S/C18H22ClN3O3/c1-21-10-7-20-18(21)17(24)13-5-8-22(9-6-13)16(23)12-25-15-4-2-3-14(19)11-15/h2-4,7,10-11,13,17,24H,5-6,8-9,12H2,1H3. The molecule has 1 aromatic carbocycles. The maximum Gasteiger partial charge on any atom is 0.260 e. The molecule has 0 aliphatic carbocycles. The zero-order chi connectivity index (χ0) is 17.8. The predicted molar refractivity (Wildman–Crippen MR) is 94.4 cm³/mol. The van der Waals surface area contributed by atoms with Gasteiger partial charge in [0.2, 0.25) is 0 Å². The van der Waals surface area contributed by atoms with Crippen LogP contribution in [0.1, 0.15) is 24.8 Å². The molecule has 1 unspecified atom stereocenters. The van der Waals surface area contributed by atoms with E-state index in [0.29, 0.717) is 29.7 Å². The number of aliphatic hydroxyl groups is 1. The van der Waals surface area contributed by atoms with Crippen LogP contribution in [0.5, 0.6) is 5.75 Å². The van der Waals surface area contributed by atoms with Crippen LogP contribution in [0.15, 0.2) is 36.7 Å². The molecule has 6 nitrogen and oxygen atoms in total. The van der Waals surface area contributed by atoms with E-state index in [1.165, 1.54) is 0 Å². The quantitative estimate of drug-likeness (QED) is 0.885. The van der Waals surface area contributed by atoms with Crippen molar-refractivity contribution >= 4 is 17.5 Å². The summed E-state index contributed by atoms with van der Waals surface area (Å²) < 4.78 is 7.35. The van der Waals surface area contributed by atoms with Gasteiger partial charge >= 0.3 is 0 Å². The fourth-order valence-corrected chi connectivity index (χ4v) is 3.31. The number of aliphatic hydroxyl groups excluding tert-OH is 1. The Morgan fingerprint density at radius 1 is 1.44 bits per heavy atom. The van der Waals surface area contributed by atoms with Crippen LogP contribution >= 0.6 is 11.6 Å². The maximum absolute atomic E-state index is 12.3. The first kappa shape index (κ1) is 17.8. The molecule has 1 saturated heterocycles. The van der Waals surface area contributed by atoms with Gasteiger partial charge in [0.15, 0.2) is 6.61 Å². The lowest BCUT2D eigenvalue weighted by Gasteiger charge is -2.34. The molecular formula is C18H22ClN3O3. The largest absolute Gasteiger partial charge is 0.484 e. The van der Waals surface area contributed by atoms with Gasteiger partial charge in [-0.25, -0.2) is 4.98 Å². The van der Waals surface area contributed by atoms with Crippen molar-refractivity contribution in [3.8, 4) is 5.75 Å². The highest BCUT2D eigenvalue weighted by Crippen LogP contribution is 2.29. The Morgan fingerprint density at radius 3 is 2.84 bits per heavy atom. The first-order chi connectivity index (χ1) is 12.0. The van der Waals surface area contributed by atoms with Crippen LogP contribution in [-0.4, -0.2) is 45.2 Å². The molecule has 1 atom stereocenters. The van der Waals surface area contributed by atoms with Gasteiger partial charge in [-0.2, -0.15) is 0 Å². The number of ether oxygens (including phenoxy) is 1. The molecule has 0 bridgehead atoms. The second-order valence-corrected chi connectivity index (χ2v) is 6.74. The van der Waals surface area contributed by atoms with E-state index in [0.717, 1.165) is 12.8 Å². The van der Waals surface area contributed by atoms with Gasteiger partial charge in [-0.05, 0) is 37.0 Å². The summed E-state index contributed by atoms with van der Waals surface area (Å²) >= 11 is 5.90. The topological polar surface area (TPSA) is 67.6 Å².